The zero-order valence-electron chi connectivity index (χ0n) is 9.23. The van der Waals surface area contributed by atoms with Crippen molar-refractivity contribution >= 4 is 5.97 Å². The molecule has 0 saturated heterocycles. The first kappa shape index (κ1) is 16.0. The predicted octanol–water partition coefficient (Wildman–Crippen LogP) is 1.74. The van der Waals surface area contributed by atoms with E-state index in [9.17, 15) is 26.7 Å². The molecule has 9 heteroatoms. The van der Waals surface area contributed by atoms with Crippen LogP contribution in [0.5, 0.6) is 0 Å². The van der Waals surface area contributed by atoms with E-state index in [1.807, 2.05) is 0 Å². The summed E-state index contributed by atoms with van der Waals surface area (Å²) < 4.78 is 75.0. The fourth-order valence-electron chi connectivity index (χ4n) is 1.07. The Morgan fingerprint density at radius 1 is 1.00 bits per heavy atom. The van der Waals surface area contributed by atoms with Crippen molar-refractivity contribution in [1.82, 2.24) is 0 Å². The van der Waals surface area contributed by atoms with Crippen LogP contribution < -0.4 is 0 Å². The molecule has 0 aliphatic carbocycles. The fourth-order valence-corrected chi connectivity index (χ4v) is 1.07. The average Bonchev–Trinajstić information content (AvgIpc) is 2.23. The number of methoxy groups -OCH3 is 3. The van der Waals surface area contributed by atoms with E-state index in [1.54, 1.807) is 0 Å². The number of ether oxygens (including phenoxy) is 3. The van der Waals surface area contributed by atoms with E-state index in [-0.39, 0.29) is 0 Å². The highest BCUT2D eigenvalue weighted by atomic mass is 19.4. The second-order valence-electron chi connectivity index (χ2n) is 2.99. The van der Waals surface area contributed by atoms with E-state index >= 15 is 0 Å². The van der Waals surface area contributed by atoms with Crippen LogP contribution in [0.15, 0.2) is 0 Å². The van der Waals surface area contributed by atoms with Gasteiger partial charge >= 0.3 is 18.1 Å². The third kappa shape index (κ3) is 2.83. The van der Waals surface area contributed by atoms with Crippen molar-refractivity contribution in [3.05, 3.63) is 0 Å². The minimum atomic E-state index is -5.92. The molecule has 0 atom stereocenters. The summed E-state index contributed by atoms with van der Waals surface area (Å²) in [6.45, 7) is 0. The van der Waals surface area contributed by atoms with Crippen LogP contribution in [0.2, 0.25) is 0 Å². The van der Waals surface area contributed by atoms with Crippen molar-refractivity contribution in [1.29, 1.82) is 0 Å². The molecule has 0 rings (SSSR count). The molecular formula is C8H11F5O4. The zero-order valence-corrected chi connectivity index (χ0v) is 9.23. The lowest BCUT2D eigenvalue weighted by Crippen LogP contribution is -2.60. The van der Waals surface area contributed by atoms with Gasteiger partial charge in [0.1, 0.15) is 6.42 Å². The molecular weight excluding hydrogens is 255 g/mol. The minimum Gasteiger partial charge on any atom is -0.469 e. The Hall–Kier alpha value is -0.960. The van der Waals surface area contributed by atoms with Gasteiger partial charge < -0.3 is 14.2 Å². The van der Waals surface area contributed by atoms with Gasteiger partial charge in [-0.3, -0.25) is 4.79 Å². The number of carbonyl (C=O) groups excluding carboxylic acids is 1. The largest absolute Gasteiger partial charge is 0.469 e. The van der Waals surface area contributed by atoms with E-state index in [0.29, 0.717) is 14.2 Å². The first-order valence-corrected chi connectivity index (χ1v) is 4.19. The maximum absolute atomic E-state index is 13.2. The van der Waals surface area contributed by atoms with E-state index in [0.717, 1.165) is 7.11 Å². The molecule has 0 aliphatic heterocycles. The first-order valence-electron chi connectivity index (χ1n) is 4.19. The molecule has 0 aromatic carbocycles. The Bertz CT molecular complexity index is 272. The van der Waals surface area contributed by atoms with Crippen molar-refractivity contribution in [3.63, 3.8) is 0 Å². The van der Waals surface area contributed by atoms with Gasteiger partial charge in [-0.05, 0) is 0 Å². The van der Waals surface area contributed by atoms with Gasteiger partial charge in [-0.25, -0.2) is 0 Å². The number of rotatable bonds is 5. The quantitative estimate of drug-likeness (QED) is 0.432. The SMILES string of the molecule is COC(=O)CC(OC)(OC)C(F)(F)C(F)(F)F. The summed E-state index contributed by atoms with van der Waals surface area (Å²) in [5.41, 5.74) is 0. The van der Waals surface area contributed by atoms with Gasteiger partial charge in [-0.15, -0.1) is 0 Å². The highest BCUT2D eigenvalue weighted by molar-refractivity contribution is 5.70. The molecule has 4 nitrogen and oxygen atoms in total. The number of esters is 1. The summed E-state index contributed by atoms with van der Waals surface area (Å²) in [7, 11) is 1.99. The first-order chi connectivity index (χ1) is 7.58. The van der Waals surface area contributed by atoms with E-state index in [4.69, 9.17) is 0 Å². The summed E-state index contributed by atoms with van der Waals surface area (Å²) in [6.07, 6.45) is -7.32. The number of hydrogen-bond acceptors (Lipinski definition) is 4. The summed E-state index contributed by atoms with van der Waals surface area (Å²) in [4.78, 5) is 10.8. The Kier molecular flexibility index (Phi) is 4.84. The molecule has 0 fully saturated rings. The Balaban J connectivity index is 5.40. The maximum atomic E-state index is 13.2. The van der Waals surface area contributed by atoms with Crippen molar-refractivity contribution < 1.29 is 41.0 Å². The number of halogens is 5. The molecule has 17 heavy (non-hydrogen) atoms. The van der Waals surface area contributed by atoms with Gasteiger partial charge in [-0.2, -0.15) is 22.0 Å². The van der Waals surface area contributed by atoms with Crippen LogP contribution in [0.4, 0.5) is 22.0 Å². The molecule has 0 amide bonds. The van der Waals surface area contributed by atoms with Crippen molar-refractivity contribution in [2.24, 2.45) is 0 Å². The lowest BCUT2D eigenvalue weighted by molar-refractivity contribution is -0.405. The van der Waals surface area contributed by atoms with Crippen LogP contribution in [0.3, 0.4) is 0 Å². The normalized spacial score (nSPS) is 13.6. The number of hydrogen-bond donors (Lipinski definition) is 0. The van der Waals surface area contributed by atoms with Crippen molar-refractivity contribution in [2.75, 3.05) is 21.3 Å². The van der Waals surface area contributed by atoms with Crippen molar-refractivity contribution in [3.8, 4) is 0 Å². The van der Waals surface area contributed by atoms with Crippen LogP contribution in [0, 0.1) is 0 Å². The van der Waals surface area contributed by atoms with Gasteiger partial charge in [0.25, 0.3) is 5.79 Å². The van der Waals surface area contributed by atoms with Crippen molar-refractivity contribution in [2.45, 2.75) is 24.3 Å². The van der Waals surface area contributed by atoms with Gasteiger partial charge in [0.2, 0.25) is 0 Å². The molecule has 0 unspecified atom stereocenters. The third-order valence-electron chi connectivity index (χ3n) is 2.10. The Morgan fingerprint density at radius 3 is 1.65 bits per heavy atom. The molecule has 102 valence electrons. The standard InChI is InChI=1S/C8H11F5O4/c1-15-5(14)4-6(16-2,17-3)7(9,10)8(11,12)13/h4H2,1-3H3. The molecule has 0 radical (unpaired) electrons. The zero-order chi connectivity index (χ0) is 13.9. The fraction of sp³-hybridized carbons (Fsp3) is 0.875. The van der Waals surface area contributed by atoms with Crippen LogP contribution >= 0.6 is 0 Å². The molecule has 0 N–H and O–H groups in total. The Labute approximate surface area is 93.6 Å². The van der Waals surface area contributed by atoms with Gasteiger partial charge in [0.05, 0.1) is 7.11 Å². The summed E-state index contributed by atoms with van der Waals surface area (Å²) in [6, 6.07) is 0. The van der Waals surface area contributed by atoms with E-state index in [2.05, 4.69) is 14.2 Å². The van der Waals surface area contributed by atoms with Gasteiger partial charge in [0, 0.05) is 14.2 Å². The highest BCUT2D eigenvalue weighted by Gasteiger charge is 2.72. The molecule has 0 saturated carbocycles. The summed E-state index contributed by atoms with van der Waals surface area (Å²) in [5.74, 6) is -10.1. The van der Waals surface area contributed by atoms with Crippen LogP contribution in [0.1, 0.15) is 6.42 Å². The maximum Gasteiger partial charge on any atom is 0.459 e. The van der Waals surface area contributed by atoms with Crippen LogP contribution in [-0.2, 0) is 19.0 Å². The monoisotopic (exact) mass is 266 g/mol. The molecule has 0 aromatic heterocycles. The summed E-state index contributed by atoms with van der Waals surface area (Å²) in [5, 5.41) is 0. The minimum absolute atomic E-state index is 0.575. The average molecular weight is 266 g/mol. The highest BCUT2D eigenvalue weighted by Crippen LogP contribution is 2.47. The number of carbonyl (C=O) groups is 1. The van der Waals surface area contributed by atoms with Crippen LogP contribution in [-0.4, -0.2) is 45.2 Å². The Morgan fingerprint density at radius 2 is 1.41 bits per heavy atom. The van der Waals surface area contributed by atoms with E-state index in [1.165, 1.54) is 0 Å². The number of alkyl halides is 5. The van der Waals surface area contributed by atoms with E-state index < -0.39 is 30.3 Å². The summed E-state index contributed by atoms with van der Waals surface area (Å²) >= 11 is 0. The molecule has 0 bridgehead atoms. The molecule has 0 heterocycles. The molecule has 0 spiro atoms. The second kappa shape index (κ2) is 5.13. The van der Waals surface area contributed by atoms with Gasteiger partial charge in [-0.1, -0.05) is 0 Å². The molecule has 0 aliphatic rings. The van der Waals surface area contributed by atoms with Gasteiger partial charge in [0.15, 0.2) is 0 Å². The lowest BCUT2D eigenvalue weighted by Gasteiger charge is -2.37. The lowest BCUT2D eigenvalue weighted by atomic mass is 10.0. The third-order valence-corrected chi connectivity index (χ3v) is 2.10. The molecule has 0 aromatic rings. The smallest absolute Gasteiger partial charge is 0.459 e. The topological polar surface area (TPSA) is 44.8 Å². The van der Waals surface area contributed by atoms with Crippen LogP contribution in [0.25, 0.3) is 0 Å². The predicted molar refractivity (Wildman–Crippen MR) is 44.4 cm³/mol. The second-order valence-corrected chi connectivity index (χ2v) is 2.99.